The summed E-state index contributed by atoms with van der Waals surface area (Å²) in [4.78, 5) is 24.0. The fraction of sp³-hybridized carbons (Fsp3) is 0.467. The molecule has 0 saturated carbocycles. The molecule has 2 rings (SSSR count). The zero-order chi connectivity index (χ0) is 15.4. The van der Waals surface area contributed by atoms with Gasteiger partial charge in [0.2, 0.25) is 5.91 Å². The van der Waals surface area contributed by atoms with Gasteiger partial charge < -0.3 is 21.1 Å². The number of carbonyl (C=O) groups excluding carboxylic acids is 2. The van der Waals surface area contributed by atoms with E-state index in [9.17, 15) is 9.59 Å². The first-order valence-corrected chi connectivity index (χ1v) is 7.02. The van der Waals surface area contributed by atoms with Crippen LogP contribution >= 0.6 is 0 Å². The van der Waals surface area contributed by atoms with E-state index in [1.165, 1.54) is 0 Å². The maximum atomic E-state index is 12.1. The van der Waals surface area contributed by atoms with Gasteiger partial charge in [0.05, 0.1) is 19.1 Å². The molecule has 1 aliphatic heterocycles. The third kappa shape index (κ3) is 4.03. The highest BCUT2D eigenvalue weighted by Gasteiger charge is 2.31. The molecule has 2 atom stereocenters. The average Bonchev–Trinajstić information content (AvgIpc) is 2.84. The Morgan fingerprint density at radius 3 is 2.71 bits per heavy atom. The molecular formula is C15H21N3O3. The largest absolute Gasteiger partial charge is 0.379 e. The van der Waals surface area contributed by atoms with E-state index < -0.39 is 0 Å². The normalized spacial score (nSPS) is 21.3. The van der Waals surface area contributed by atoms with Gasteiger partial charge in [-0.2, -0.15) is 0 Å². The first kappa shape index (κ1) is 15.5. The van der Waals surface area contributed by atoms with Crippen molar-refractivity contribution < 1.29 is 14.3 Å². The number of hydrogen-bond acceptors (Lipinski definition) is 4. The smallest absolute Gasteiger partial charge is 0.251 e. The summed E-state index contributed by atoms with van der Waals surface area (Å²) in [7, 11) is 0. The number of nitrogens with one attached hydrogen (secondary N) is 2. The summed E-state index contributed by atoms with van der Waals surface area (Å²) in [6.07, 6.45) is 0. The molecule has 1 aromatic carbocycles. The van der Waals surface area contributed by atoms with Crippen LogP contribution in [0.25, 0.3) is 0 Å². The molecule has 0 aliphatic carbocycles. The Balaban J connectivity index is 2.04. The van der Waals surface area contributed by atoms with Crippen LogP contribution in [0.2, 0.25) is 0 Å². The Morgan fingerprint density at radius 1 is 1.33 bits per heavy atom. The second-order valence-electron chi connectivity index (χ2n) is 5.51. The van der Waals surface area contributed by atoms with Gasteiger partial charge >= 0.3 is 0 Å². The van der Waals surface area contributed by atoms with Gasteiger partial charge in [-0.1, -0.05) is 6.07 Å². The molecule has 1 heterocycles. The fourth-order valence-corrected chi connectivity index (χ4v) is 2.16. The number of hydrogen-bond donors (Lipinski definition) is 3. The van der Waals surface area contributed by atoms with Gasteiger partial charge in [-0.25, -0.2) is 0 Å². The summed E-state index contributed by atoms with van der Waals surface area (Å²) < 4.78 is 5.18. The maximum Gasteiger partial charge on any atom is 0.251 e. The van der Waals surface area contributed by atoms with E-state index in [0.717, 1.165) is 0 Å². The molecule has 1 aromatic rings. The fourth-order valence-electron chi connectivity index (χ4n) is 2.16. The van der Waals surface area contributed by atoms with Gasteiger partial charge in [0.1, 0.15) is 0 Å². The number of anilines is 1. The zero-order valence-electron chi connectivity index (χ0n) is 12.3. The average molecular weight is 291 g/mol. The standard InChI is InChI=1S/C15H21N3O3/c1-9(2)17-14(19)10-4-3-5-11(6-10)18-15(20)12-7-21-8-13(12)16/h3-6,9,12-13H,7-8,16H2,1-2H3,(H,17,19)(H,18,20). The molecule has 4 N–H and O–H groups in total. The second-order valence-corrected chi connectivity index (χ2v) is 5.51. The van der Waals surface area contributed by atoms with E-state index >= 15 is 0 Å². The molecule has 21 heavy (non-hydrogen) atoms. The lowest BCUT2D eigenvalue weighted by molar-refractivity contribution is -0.120. The van der Waals surface area contributed by atoms with E-state index in [2.05, 4.69) is 10.6 Å². The first-order valence-electron chi connectivity index (χ1n) is 7.02. The van der Waals surface area contributed by atoms with Crippen LogP contribution in [0.3, 0.4) is 0 Å². The molecule has 1 saturated heterocycles. The van der Waals surface area contributed by atoms with Crippen molar-refractivity contribution in [2.24, 2.45) is 11.7 Å². The van der Waals surface area contributed by atoms with Gasteiger partial charge in [0.15, 0.2) is 0 Å². The molecule has 2 unspecified atom stereocenters. The minimum atomic E-state index is -0.349. The minimum absolute atomic E-state index is 0.0596. The highest BCUT2D eigenvalue weighted by Crippen LogP contribution is 2.16. The first-order chi connectivity index (χ1) is 9.97. The summed E-state index contributed by atoms with van der Waals surface area (Å²) in [6.45, 7) is 4.52. The Bertz CT molecular complexity index is 531. The molecule has 6 heteroatoms. The van der Waals surface area contributed by atoms with Crippen molar-refractivity contribution in [2.75, 3.05) is 18.5 Å². The van der Waals surface area contributed by atoms with Crippen molar-refractivity contribution in [2.45, 2.75) is 25.9 Å². The summed E-state index contributed by atoms with van der Waals surface area (Å²) in [5, 5.41) is 5.59. The lowest BCUT2D eigenvalue weighted by Crippen LogP contribution is -2.37. The topological polar surface area (TPSA) is 93.5 Å². The van der Waals surface area contributed by atoms with Crippen LogP contribution in [-0.2, 0) is 9.53 Å². The van der Waals surface area contributed by atoms with Crippen LogP contribution in [0.4, 0.5) is 5.69 Å². The van der Waals surface area contributed by atoms with Crippen molar-refractivity contribution >= 4 is 17.5 Å². The second kappa shape index (κ2) is 6.69. The van der Waals surface area contributed by atoms with E-state index in [4.69, 9.17) is 10.5 Å². The van der Waals surface area contributed by atoms with Gasteiger partial charge in [0.25, 0.3) is 5.91 Å². The molecule has 1 aliphatic rings. The van der Waals surface area contributed by atoms with Crippen LogP contribution in [0, 0.1) is 5.92 Å². The van der Waals surface area contributed by atoms with E-state index in [1.54, 1.807) is 24.3 Å². The van der Waals surface area contributed by atoms with Crippen LogP contribution in [0.15, 0.2) is 24.3 Å². The molecule has 0 bridgehead atoms. The van der Waals surface area contributed by atoms with Crippen molar-refractivity contribution in [1.82, 2.24) is 5.32 Å². The molecule has 1 fully saturated rings. The molecular weight excluding hydrogens is 270 g/mol. The Kier molecular flexibility index (Phi) is 4.93. The lowest BCUT2D eigenvalue weighted by atomic mass is 10.0. The van der Waals surface area contributed by atoms with Crippen LogP contribution < -0.4 is 16.4 Å². The van der Waals surface area contributed by atoms with Crippen molar-refractivity contribution in [3.8, 4) is 0 Å². The quantitative estimate of drug-likeness (QED) is 0.762. The maximum absolute atomic E-state index is 12.1. The highest BCUT2D eigenvalue weighted by atomic mass is 16.5. The molecule has 114 valence electrons. The predicted octanol–water partition coefficient (Wildman–Crippen LogP) is 0.737. The third-order valence-corrected chi connectivity index (χ3v) is 3.27. The third-order valence-electron chi connectivity index (χ3n) is 3.27. The Morgan fingerprint density at radius 2 is 2.10 bits per heavy atom. The number of rotatable bonds is 4. The van der Waals surface area contributed by atoms with E-state index in [-0.39, 0.29) is 29.8 Å². The summed E-state index contributed by atoms with van der Waals surface area (Å²) in [6, 6.07) is 6.61. The van der Waals surface area contributed by atoms with Crippen molar-refractivity contribution in [3.05, 3.63) is 29.8 Å². The Hall–Kier alpha value is -1.92. The molecule has 6 nitrogen and oxygen atoms in total. The molecule has 0 spiro atoms. The van der Waals surface area contributed by atoms with Crippen LogP contribution in [0.1, 0.15) is 24.2 Å². The summed E-state index contributed by atoms with van der Waals surface area (Å²) in [5.41, 5.74) is 6.90. The van der Waals surface area contributed by atoms with Gasteiger partial charge in [-0.3, -0.25) is 9.59 Å². The Labute approximate surface area is 124 Å². The molecule has 2 amide bonds. The number of nitrogens with two attached hydrogens (primary N) is 1. The lowest BCUT2D eigenvalue weighted by Gasteiger charge is -2.14. The van der Waals surface area contributed by atoms with Crippen LogP contribution in [-0.4, -0.2) is 37.1 Å². The van der Waals surface area contributed by atoms with E-state index in [1.807, 2.05) is 13.8 Å². The summed E-state index contributed by atoms with van der Waals surface area (Å²) >= 11 is 0. The number of amides is 2. The SMILES string of the molecule is CC(C)NC(=O)c1cccc(NC(=O)C2COCC2N)c1. The number of ether oxygens (including phenoxy) is 1. The van der Waals surface area contributed by atoms with Gasteiger partial charge in [0, 0.05) is 23.3 Å². The molecule has 0 aromatic heterocycles. The van der Waals surface area contributed by atoms with E-state index in [0.29, 0.717) is 24.5 Å². The predicted molar refractivity (Wildman–Crippen MR) is 80.0 cm³/mol. The van der Waals surface area contributed by atoms with Gasteiger partial charge in [-0.15, -0.1) is 0 Å². The highest BCUT2D eigenvalue weighted by molar-refractivity contribution is 5.98. The van der Waals surface area contributed by atoms with Crippen molar-refractivity contribution in [1.29, 1.82) is 0 Å². The summed E-state index contributed by atoms with van der Waals surface area (Å²) in [5.74, 6) is -0.693. The monoisotopic (exact) mass is 291 g/mol. The zero-order valence-corrected chi connectivity index (χ0v) is 12.3. The number of carbonyl (C=O) groups is 2. The van der Waals surface area contributed by atoms with Crippen molar-refractivity contribution in [3.63, 3.8) is 0 Å². The number of benzene rings is 1. The van der Waals surface area contributed by atoms with Gasteiger partial charge in [-0.05, 0) is 32.0 Å². The van der Waals surface area contributed by atoms with Crippen LogP contribution in [0.5, 0.6) is 0 Å². The molecule has 0 radical (unpaired) electrons. The minimum Gasteiger partial charge on any atom is -0.379 e.